The molecule has 0 saturated heterocycles. The molecular weight excluding hydrogens is 280 g/mol. The SMILES string of the molecule is O=C(NCc1n[nH]c(=O)[nH]1)[C@H]1C[C@]12CCCc1ccccc12. The summed E-state index contributed by atoms with van der Waals surface area (Å²) in [6.07, 6.45) is 4.27. The van der Waals surface area contributed by atoms with Crippen molar-refractivity contribution in [1.82, 2.24) is 20.5 Å². The molecule has 2 aliphatic carbocycles. The van der Waals surface area contributed by atoms with Crippen molar-refractivity contribution >= 4 is 5.91 Å². The zero-order valence-electron chi connectivity index (χ0n) is 12.2. The van der Waals surface area contributed by atoms with Gasteiger partial charge in [-0.25, -0.2) is 9.89 Å². The van der Waals surface area contributed by atoms with E-state index in [2.05, 4.69) is 44.8 Å². The highest BCUT2D eigenvalue weighted by molar-refractivity contribution is 5.84. The van der Waals surface area contributed by atoms with Gasteiger partial charge in [-0.05, 0) is 36.8 Å². The van der Waals surface area contributed by atoms with E-state index in [1.54, 1.807) is 0 Å². The average molecular weight is 298 g/mol. The lowest BCUT2D eigenvalue weighted by molar-refractivity contribution is -0.123. The molecule has 2 atom stereocenters. The molecular formula is C16H18N4O2. The van der Waals surface area contributed by atoms with E-state index >= 15 is 0 Å². The average Bonchev–Trinajstić information content (AvgIpc) is 3.09. The molecule has 22 heavy (non-hydrogen) atoms. The summed E-state index contributed by atoms with van der Waals surface area (Å²) in [7, 11) is 0. The molecule has 114 valence electrons. The number of benzene rings is 1. The Labute approximate surface area is 127 Å². The zero-order chi connectivity index (χ0) is 15.2. The molecule has 4 rings (SSSR count). The molecule has 0 radical (unpaired) electrons. The van der Waals surface area contributed by atoms with Gasteiger partial charge >= 0.3 is 5.69 Å². The smallest absolute Gasteiger partial charge is 0.340 e. The second kappa shape index (κ2) is 4.83. The minimum atomic E-state index is -0.353. The van der Waals surface area contributed by atoms with E-state index in [0.29, 0.717) is 5.82 Å². The van der Waals surface area contributed by atoms with Crippen LogP contribution < -0.4 is 11.0 Å². The summed E-state index contributed by atoms with van der Waals surface area (Å²) in [6.45, 7) is 0.256. The van der Waals surface area contributed by atoms with Crippen LogP contribution in [0, 0.1) is 5.92 Å². The number of H-pyrrole nitrogens is 2. The molecule has 0 bridgehead atoms. The number of carbonyl (C=O) groups is 1. The maximum absolute atomic E-state index is 12.4. The number of nitrogens with one attached hydrogen (secondary N) is 3. The fourth-order valence-corrected chi connectivity index (χ4v) is 3.86. The van der Waals surface area contributed by atoms with Crippen LogP contribution >= 0.6 is 0 Å². The molecule has 0 unspecified atom stereocenters. The van der Waals surface area contributed by atoms with Gasteiger partial charge in [-0.3, -0.25) is 9.78 Å². The largest absolute Gasteiger partial charge is 0.349 e. The van der Waals surface area contributed by atoms with Gasteiger partial charge in [0, 0.05) is 11.3 Å². The van der Waals surface area contributed by atoms with Gasteiger partial charge in [0.25, 0.3) is 0 Å². The van der Waals surface area contributed by atoms with E-state index in [9.17, 15) is 9.59 Å². The molecule has 1 amide bonds. The first-order chi connectivity index (χ1) is 10.7. The maximum atomic E-state index is 12.4. The number of aromatic nitrogens is 3. The van der Waals surface area contributed by atoms with Crippen molar-refractivity contribution < 1.29 is 4.79 Å². The van der Waals surface area contributed by atoms with E-state index < -0.39 is 0 Å². The number of aromatic amines is 2. The Kier molecular flexibility index (Phi) is 2.92. The summed E-state index contributed by atoms with van der Waals surface area (Å²) < 4.78 is 0. The van der Waals surface area contributed by atoms with Gasteiger partial charge in [0.05, 0.1) is 6.54 Å². The number of rotatable bonds is 3. The fraction of sp³-hybridized carbons (Fsp3) is 0.438. The van der Waals surface area contributed by atoms with Crippen LogP contribution in [0.25, 0.3) is 0 Å². The van der Waals surface area contributed by atoms with Crippen LogP contribution in [0.1, 0.15) is 36.2 Å². The van der Waals surface area contributed by atoms with Gasteiger partial charge in [0.1, 0.15) is 5.82 Å². The summed E-state index contributed by atoms with van der Waals surface area (Å²) in [5.74, 6) is 0.553. The molecule has 1 heterocycles. The highest BCUT2D eigenvalue weighted by Crippen LogP contribution is 2.60. The summed E-state index contributed by atoms with van der Waals surface area (Å²) in [6, 6.07) is 8.49. The number of carbonyl (C=O) groups excluding carboxylic acids is 1. The van der Waals surface area contributed by atoms with Gasteiger partial charge < -0.3 is 5.32 Å². The Balaban J connectivity index is 1.47. The van der Waals surface area contributed by atoms with Crippen molar-refractivity contribution in [2.75, 3.05) is 0 Å². The number of fused-ring (bicyclic) bond motifs is 2. The van der Waals surface area contributed by atoms with Crippen LogP contribution in [-0.2, 0) is 23.2 Å². The van der Waals surface area contributed by atoms with Crippen molar-refractivity contribution in [2.24, 2.45) is 5.92 Å². The first-order valence-corrected chi connectivity index (χ1v) is 7.69. The second-order valence-corrected chi connectivity index (χ2v) is 6.27. The Bertz CT molecular complexity index is 778. The monoisotopic (exact) mass is 298 g/mol. The number of nitrogens with zero attached hydrogens (tertiary/aromatic N) is 1. The van der Waals surface area contributed by atoms with Gasteiger partial charge in [0.15, 0.2) is 0 Å². The lowest BCUT2D eigenvalue weighted by Crippen LogP contribution is -2.30. The number of amides is 1. The van der Waals surface area contributed by atoms with Crippen molar-refractivity contribution in [3.05, 3.63) is 51.7 Å². The maximum Gasteiger partial charge on any atom is 0.340 e. The molecule has 2 aliphatic rings. The summed E-state index contributed by atoms with van der Waals surface area (Å²) >= 11 is 0. The van der Waals surface area contributed by atoms with E-state index in [4.69, 9.17) is 0 Å². The van der Waals surface area contributed by atoms with Gasteiger partial charge in [-0.15, -0.1) is 0 Å². The highest BCUT2D eigenvalue weighted by Gasteiger charge is 2.59. The van der Waals surface area contributed by atoms with Crippen LogP contribution in [0.3, 0.4) is 0 Å². The Morgan fingerprint density at radius 3 is 3.09 bits per heavy atom. The fourth-order valence-electron chi connectivity index (χ4n) is 3.86. The second-order valence-electron chi connectivity index (χ2n) is 6.27. The summed E-state index contributed by atoms with van der Waals surface area (Å²) in [4.78, 5) is 25.9. The molecule has 1 fully saturated rings. The van der Waals surface area contributed by atoms with E-state index in [0.717, 1.165) is 25.7 Å². The van der Waals surface area contributed by atoms with Crippen LogP contribution in [0.4, 0.5) is 0 Å². The minimum Gasteiger partial charge on any atom is -0.349 e. The molecule has 1 aromatic carbocycles. The highest BCUT2D eigenvalue weighted by atomic mass is 16.2. The lowest BCUT2D eigenvalue weighted by Gasteiger charge is -2.26. The first-order valence-electron chi connectivity index (χ1n) is 7.69. The van der Waals surface area contributed by atoms with Crippen molar-refractivity contribution in [3.63, 3.8) is 0 Å². The van der Waals surface area contributed by atoms with Gasteiger partial charge in [0.2, 0.25) is 5.91 Å². The van der Waals surface area contributed by atoms with Crippen molar-refractivity contribution in [3.8, 4) is 0 Å². The van der Waals surface area contributed by atoms with E-state index in [1.807, 2.05) is 0 Å². The van der Waals surface area contributed by atoms with Gasteiger partial charge in [-0.1, -0.05) is 24.3 Å². The minimum absolute atomic E-state index is 0.0396. The van der Waals surface area contributed by atoms with Crippen LogP contribution in [0.5, 0.6) is 0 Å². The Morgan fingerprint density at radius 1 is 1.41 bits per heavy atom. The summed E-state index contributed by atoms with van der Waals surface area (Å²) in [5, 5.41) is 8.98. The van der Waals surface area contributed by atoms with E-state index in [1.165, 1.54) is 11.1 Å². The molecule has 1 spiro atoms. The lowest BCUT2D eigenvalue weighted by atomic mass is 9.78. The van der Waals surface area contributed by atoms with Crippen molar-refractivity contribution in [1.29, 1.82) is 0 Å². The molecule has 3 N–H and O–H groups in total. The third-order valence-electron chi connectivity index (χ3n) is 4.99. The molecule has 1 saturated carbocycles. The van der Waals surface area contributed by atoms with Crippen LogP contribution in [0.2, 0.25) is 0 Å². The van der Waals surface area contributed by atoms with Crippen molar-refractivity contribution in [2.45, 2.75) is 37.6 Å². The molecule has 6 nitrogen and oxygen atoms in total. The third-order valence-corrected chi connectivity index (χ3v) is 4.99. The Morgan fingerprint density at radius 2 is 2.27 bits per heavy atom. The molecule has 1 aromatic heterocycles. The normalized spacial score (nSPS) is 25.7. The van der Waals surface area contributed by atoms with E-state index in [-0.39, 0.29) is 29.5 Å². The topological polar surface area (TPSA) is 90.6 Å². The van der Waals surface area contributed by atoms with Crippen LogP contribution in [0.15, 0.2) is 29.1 Å². The van der Waals surface area contributed by atoms with Crippen LogP contribution in [-0.4, -0.2) is 21.1 Å². The number of hydrogen-bond donors (Lipinski definition) is 3. The quantitative estimate of drug-likeness (QED) is 0.790. The third kappa shape index (κ3) is 2.06. The molecule has 6 heteroatoms. The standard InChI is InChI=1S/C16H18N4O2/c21-14(17-9-13-18-15(22)20-19-13)12-8-16(12)7-3-5-10-4-1-2-6-11(10)16/h1-2,4,6,12H,3,5,7-9H2,(H,17,21)(H2,18,19,20,22)/t12-,16+/m1/s1. The Hall–Kier alpha value is -2.37. The zero-order valence-corrected chi connectivity index (χ0v) is 12.2. The molecule has 0 aliphatic heterocycles. The first kappa shape index (κ1) is 13.3. The predicted molar refractivity (Wildman–Crippen MR) is 80.2 cm³/mol. The van der Waals surface area contributed by atoms with Gasteiger partial charge in [-0.2, -0.15) is 5.10 Å². The molecule has 2 aromatic rings. The summed E-state index contributed by atoms with van der Waals surface area (Å²) in [5.41, 5.74) is 2.43. The predicted octanol–water partition coefficient (Wildman–Crippen LogP) is 1.01. The number of hydrogen-bond acceptors (Lipinski definition) is 3. The number of aryl methyl sites for hydroxylation is 1.